The minimum Gasteiger partial charge on any atom is -0.489 e. The molecule has 1 amide bonds. The monoisotopic (exact) mass is 566 g/mol. The predicted octanol–water partition coefficient (Wildman–Crippen LogP) is 4.96. The second-order valence-electron chi connectivity index (χ2n) is 7.55. The normalized spacial score (nSPS) is 28.1. The Morgan fingerprint density at radius 1 is 1.36 bits per heavy atom. The summed E-state index contributed by atoms with van der Waals surface area (Å²) in [5.74, 6) is 1.70. The molecule has 1 N–H and O–H groups in total. The van der Waals surface area contributed by atoms with Gasteiger partial charge in [0.25, 0.3) is 0 Å². The number of halogens is 2. The number of hydrogen-bond acceptors (Lipinski definition) is 3. The van der Waals surface area contributed by atoms with Crippen LogP contribution in [0.2, 0.25) is 0 Å². The van der Waals surface area contributed by atoms with E-state index in [1.165, 1.54) is 25.7 Å². The number of ether oxygens (including phenoxy) is 1. The van der Waals surface area contributed by atoms with Gasteiger partial charge in [-0.3, -0.25) is 4.79 Å². The third-order valence-corrected chi connectivity index (χ3v) is 6.98. The molecular weight excluding hydrogens is 542 g/mol. The Morgan fingerprint density at radius 2 is 2.04 bits per heavy atom. The summed E-state index contributed by atoms with van der Waals surface area (Å²) in [6, 6.07) is 4.04. The lowest BCUT2D eigenvalue weighted by atomic mass is 9.90. The number of amides is 1. The molecule has 4 nitrogen and oxygen atoms in total. The third-order valence-electron chi connectivity index (χ3n) is 5.38. The molecule has 3 atom stereocenters. The van der Waals surface area contributed by atoms with Gasteiger partial charge in [0.1, 0.15) is 5.75 Å². The minimum atomic E-state index is 0.0785. The van der Waals surface area contributed by atoms with Gasteiger partial charge in [0, 0.05) is 5.92 Å². The molecule has 136 valence electrons. The first-order valence-corrected chi connectivity index (χ1v) is 11.0. The summed E-state index contributed by atoms with van der Waals surface area (Å²) < 4.78 is 7.94. The molecule has 2 fully saturated rings. The molecule has 2 aliphatic carbocycles. The van der Waals surface area contributed by atoms with E-state index in [2.05, 4.69) is 62.6 Å². The molecule has 3 rings (SSSR count). The summed E-state index contributed by atoms with van der Waals surface area (Å²) in [6.07, 6.45) is 6.73. The zero-order valence-electron chi connectivity index (χ0n) is 14.8. The number of fused-ring (bicyclic) bond motifs is 1. The Morgan fingerprint density at radius 3 is 2.60 bits per heavy atom. The number of benzene rings is 1. The van der Waals surface area contributed by atoms with Crippen LogP contribution in [0, 0.1) is 24.4 Å². The van der Waals surface area contributed by atoms with Gasteiger partial charge in [-0.05, 0) is 101 Å². The Labute approximate surface area is 176 Å². The highest BCUT2D eigenvalue weighted by molar-refractivity contribution is 14.1. The maximum absolute atomic E-state index is 12.4. The number of carbonyl (C=O) groups excluding carboxylic acids is 1. The molecule has 0 saturated heterocycles. The first-order valence-electron chi connectivity index (χ1n) is 8.81. The van der Waals surface area contributed by atoms with Gasteiger partial charge in [-0.25, -0.2) is 5.43 Å². The van der Waals surface area contributed by atoms with Crippen molar-refractivity contribution >= 4 is 57.3 Å². The van der Waals surface area contributed by atoms with E-state index in [0.29, 0.717) is 5.92 Å². The SMILES string of the molecule is CC(C)Oc1c(I)cc(/C=N\NC(=O)[C@@H]2[C@@H]3CCCC[C@]23C)cc1I. The van der Waals surface area contributed by atoms with Crippen molar-refractivity contribution in [3.63, 3.8) is 0 Å². The molecule has 0 bridgehead atoms. The Hall–Kier alpha value is -0.380. The molecule has 0 unspecified atom stereocenters. The minimum absolute atomic E-state index is 0.0785. The van der Waals surface area contributed by atoms with E-state index in [1.54, 1.807) is 6.21 Å². The van der Waals surface area contributed by atoms with Crippen LogP contribution in [0.25, 0.3) is 0 Å². The van der Waals surface area contributed by atoms with Gasteiger partial charge in [0.15, 0.2) is 0 Å². The molecule has 0 heterocycles. The van der Waals surface area contributed by atoms with Crippen molar-refractivity contribution in [3.05, 3.63) is 24.8 Å². The summed E-state index contributed by atoms with van der Waals surface area (Å²) in [5.41, 5.74) is 3.94. The van der Waals surface area contributed by atoms with Crippen molar-refractivity contribution in [2.75, 3.05) is 0 Å². The quantitative estimate of drug-likeness (QED) is 0.312. The maximum Gasteiger partial charge on any atom is 0.244 e. The predicted molar refractivity (Wildman–Crippen MR) is 117 cm³/mol. The molecule has 25 heavy (non-hydrogen) atoms. The summed E-state index contributed by atoms with van der Waals surface area (Å²) in [6.45, 7) is 6.29. The van der Waals surface area contributed by atoms with E-state index in [0.717, 1.165) is 18.5 Å². The van der Waals surface area contributed by atoms with Gasteiger partial charge in [-0.1, -0.05) is 19.8 Å². The van der Waals surface area contributed by atoms with Crippen molar-refractivity contribution in [2.24, 2.45) is 22.4 Å². The van der Waals surface area contributed by atoms with Crippen LogP contribution >= 0.6 is 45.2 Å². The fraction of sp³-hybridized carbons (Fsp3) is 0.579. The van der Waals surface area contributed by atoms with Gasteiger partial charge in [0.2, 0.25) is 5.91 Å². The van der Waals surface area contributed by atoms with Crippen molar-refractivity contribution in [1.82, 2.24) is 5.43 Å². The largest absolute Gasteiger partial charge is 0.489 e. The fourth-order valence-corrected chi connectivity index (χ4v) is 6.16. The lowest BCUT2D eigenvalue weighted by Gasteiger charge is -2.15. The molecule has 0 radical (unpaired) electrons. The topological polar surface area (TPSA) is 50.7 Å². The smallest absolute Gasteiger partial charge is 0.244 e. The van der Waals surface area contributed by atoms with Crippen LogP contribution in [0.15, 0.2) is 17.2 Å². The van der Waals surface area contributed by atoms with Gasteiger partial charge >= 0.3 is 0 Å². The number of hydrazone groups is 1. The van der Waals surface area contributed by atoms with Crippen LogP contribution < -0.4 is 10.2 Å². The summed E-state index contributed by atoms with van der Waals surface area (Å²) >= 11 is 4.55. The number of rotatable bonds is 5. The first kappa shape index (κ1) is 19.4. The average molecular weight is 566 g/mol. The standard InChI is InChI=1S/C19H24I2N2O2/c1-11(2)25-17-14(20)8-12(9-15(17)21)10-22-23-18(24)16-13-6-4-5-7-19(13,16)3/h8-11,13,16H,4-7H2,1-3H3,(H,23,24)/b22-10-/t13-,16-,19-/m0/s1. The second kappa shape index (κ2) is 7.70. The van der Waals surface area contributed by atoms with Crippen LogP contribution in [-0.2, 0) is 4.79 Å². The van der Waals surface area contributed by atoms with E-state index in [-0.39, 0.29) is 23.3 Å². The fourth-order valence-electron chi connectivity index (χ4n) is 4.09. The zero-order chi connectivity index (χ0) is 18.2. The Balaban J connectivity index is 1.62. The molecule has 2 saturated carbocycles. The van der Waals surface area contributed by atoms with Crippen LogP contribution in [-0.4, -0.2) is 18.2 Å². The highest BCUT2D eigenvalue weighted by Gasteiger charge is 2.64. The van der Waals surface area contributed by atoms with Crippen LogP contribution in [0.4, 0.5) is 0 Å². The Kier molecular flexibility index (Phi) is 5.97. The van der Waals surface area contributed by atoms with Crippen molar-refractivity contribution in [1.29, 1.82) is 0 Å². The van der Waals surface area contributed by atoms with Crippen molar-refractivity contribution in [3.8, 4) is 5.75 Å². The summed E-state index contributed by atoms with van der Waals surface area (Å²) in [5, 5.41) is 4.19. The molecule has 0 aliphatic heterocycles. The van der Waals surface area contributed by atoms with E-state index in [1.807, 2.05) is 26.0 Å². The molecule has 1 aromatic rings. The van der Waals surface area contributed by atoms with Crippen LogP contribution in [0.1, 0.15) is 52.0 Å². The van der Waals surface area contributed by atoms with Gasteiger partial charge < -0.3 is 4.74 Å². The second-order valence-corrected chi connectivity index (χ2v) is 9.87. The van der Waals surface area contributed by atoms with E-state index in [4.69, 9.17) is 4.74 Å². The van der Waals surface area contributed by atoms with Crippen molar-refractivity contribution in [2.45, 2.75) is 52.6 Å². The van der Waals surface area contributed by atoms with Gasteiger partial charge in [0.05, 0.1) is 19.5 Å². The zero-order valence-corrected chi connectivity index (χ0v) is 19.1. The van der Waals surface area contributed by atoms with E-state index >= 15 is 0 Å². The number of carbonyl (C=O) groups is 1. The molecule has 6 heteroatoms. The molecule has 1 aromatic carbocycles. The highest BCUT2D eigenvalue weighted by atomic mass is 127. The average Bonchev–Trinajstić information content (AvgIpc) is 3.16. The maximum atomic E-state index is 12.4. The number of nitrogens with one attached hydrogen (secondary N) is 1. The van der Waals surface area contributed by atoms with Crippen molar-refractivity contribution < 1.29 is 9.53 Å². The number of nitrogens with zero attached hydrogens (tertiary/aromatic N) is 1. The van der Waals surface area contributed by atoms with E-state index in [9.17, 15) is 4.79 Å². The highest BCUT2D eigenvalue weighted by Crippen LogP contribution is 2.66. The van der Waals surface area contributed by atoms with Crippen LogP contribution in [0.3, 0.4) is 0 Å². The Bertz CT molecular complexity index is 682. The van der Waals surface area contributed by atoms with Gasteiger partial charge in [-0.15, -0.1) is 0 Å². The number of hydrogen-bond donors (Lipinski definition) is 1. The first-order chi connectivity index (χ1) is 11.8. The lowest BCUT2D eigenvalue weighted by Crippen LogP contribution is -2.22. The van der Waals surface area contributed by atoms with Crippen LogP contribution in [0.5, 0.6) is 5.75 Å². The molecule has 0 spiro atoms. The summed E-state index contributed by atoms with van der Waals surface area (Å²) in [7, 11) is 0. The van der Waals surface area contributed by atoms with E-state index < -0.39 is 0 Å². The molecule has 2 aliphatic rings. The molecular formula is C19H24I2N2O2. The lowest BCUT2D eigenvalue weighted by molar-refractivity contribution is -0.123. The summed E-state index contributed by atoms with van der Waals surface area (Å²) in [4.78, 5) is 12.4. The van der Waals surface area contributed by atoms with Gasteiger partial charge in [-0.2, -0.15) is 5.10 Å². The third kappa shape index (κ3) is 4.14. The molecule has 0 aromatic heterocycles.